The lowest BCUT2D eigenvalue weighted by Gasteiger charge is -2.28. The van der Waals surface area contributed by atoms with Gasteiger partial charge in [0.1, 0.15) is 6.54 Å². The van der Waals surface area contributed by atoms with Crippen LogP contribution in [0, 0.1) is 23.7 Å². The van der Waals surface area contributed by atoms with Gasteiger partial charge in [0.2, 0.25) is 17.6 Å². The molecule has 1 aliphatic heterocycles. The van der Waals surface area contributed by atoms with Crippen LogP contribution < -0.4 is 0 Å². The summed E-state index contributed by atoms with van der Waals surface area (Å²) in [5.74, 6) is -2.44. The number of benzene rings is 1. The number of halogens is 3. The normalized spacial score (nSPS) is 33.7. The number of Topliss-reactive ketones (excluding diaryl/α,β-unsaturated/α-hetero) is 1. The highest BCUT2D eigenvalue weighted by Crippen LogP contribution is 2.60. The third kappa shape index (κ3) is 3.47. The maximum absolute atomic E-state index is 12.8. The van der Waals surface area contributed by atoms with Gasteiger partial charge in [-0.3, -0.25) is 24.1 Å². The minimum Gasteiger partial charge on any atom is -0.453 e. The number of alkyl halides is 2. The van der Waals surface area contributed by atoms with Crippen molar-refractivity contribution in [3.05, 3.63) is 34.9 Å². The molecule has 29 heavy (non-hydrogen) atoms. The highest BCUT2D eigenvalue weighted by molar-refractivity contribution is 9.12. The molecule has 0 N–H and O–H groups in total. The number of hydrogen-bond acceptors (Lipinski definition) is 5. The molecule has 0 unspecified atom stereocenters. The first-order valence-corrected chi connectivity index (χ1v) is 11.5. The molecule has 0 spiro atoms. The van der Waals surface area contributed by atoms with Crippen LogP contribution in [0.5, 0.6) is 0 Å². The fourth-order valence-electron chi connectivity index (χ4n) is 4.86. The van der Waals surface area contributed by atoms with E-state index < -0.39 is 24.4 Å². The van der Waals surface area contributed by atoms with Gasteiger partial charge in [-0.1, -0.05) is 55.6 Å². The molecule has 1 aromatic rings. The molecule has 1 heterocycles. The van der Waals surface area contributed by atoms with Crippen molar-refractivity contribution in [1.82, 2.24) is 4.90 Å². The van der Waals surface area contributed by atoms with E-state index in [0.717, 1.165) is 11.3 Å². The Balaban J connectivity index is 1.41. The van der Waals surface area contributed by atoms with Gasteiger partial charge in [-0.05, 0) is 37.3 Å². The maximum Gasteiger partial charge on any atom is 0.326 e. The Morgan fingerprint density at radius 3 is 2.31 bits per heavy atom. The second-order valence-electron chi connectivity index (χ2n) is 7.77. The number of ether oxygens (including phenoxy) is 1. The quantitative estimate of drug-likeness (QED) is 0.245. The first-order valence-electron chi connectivity index (χ1n) is 9.33. The number of hydrogen-bond donors (Lipinski definition) is 0. The van der Waals surface area contributed by atoms with Crippen LogP contribution in [0.2, 0.25) is 5.02 Å². The van der Waals surface area contributed by atoms with E-state index in [2.05, 4.69) is 31.9 Å². The largest absolute Gasteiger partial charge is 0.453 e. The molecule has 2 bridgehead atoms. The van der Waals surface area contributed by atoms with E-state index in [-0.39, 0.29) is 45.1 Å². The maximum atomic E-state index is 12.8. The monoisotopic (exact) mass is 545 g/mol. The summed E-state index contributed by atoms with van der Waals surface area (Å²) in [6.07, 6.45) is -0.231. The van der Waals surface area contributed by atoms with Gasteiger partial charge in [-0.2, -0.15) is 0 Å². The van der Waals surface area contributed by atoms with Crippen molar-refractivity contribution in [3.63, 3.8) is 0 Å². The Bertz CT molecular complexity index is 877. The molecular formula is C20H18Br2ClNO5. The topological polar surface area (TPSA) is 80.8 Å². The number of carbonyl (C=O) groups excluding carboxylic acids is 4. The van der Waals surface area contributed by atoms with E-state index in [1.807, 2.05) is 0 Å². The van der Waals surface area contributed by atoms with Crippen molar-refractivity contribution >= 4 is 67.0 Å². The number of rotatable bonds is 5. The molecule has 2 amide bonds. The van der Waals surface area contributed by atoms with Crippen molar-refractivity contribution in [1.29, 1.82) is 0 Å². The third-order valence-electron chi connectivity index (χ3n) is 6.15. The lowest BCUT2D eigenvalue weighted by atomic mass is 9.81. The molecule has 2 saturated carbocycles. The van der Waals surface area contributed by atoms with Crippen molar-refractivity contribution in [2.45, 2.75) is 29.1 Å². The van der Waals surface area contributed by atoms with Crippen LogP contribution in [-0.4, -0.2) is 50.8 Å². The summed E-state index contributed by atoms with van der Waals surface area (Å²) in [5.41, 5.74) is 0.323. The average molecular weight is 548 g/mol. The lowest BCUT2D eigenvalue weighted by Crippen LogP contribution is -2.39. The number of fused-ring (bicyclic) bond motifs is 5. The number of imide groups is 1. The van der Waals surface area contributed by atoms with Crippen LogP contribution in [0.15, 0.2) is 24.3 Å². The molecule has 0 aromatic heterocycles. The van der Waals surface area contributed by atoms with Crippen LogP contribution >= 0.6 is 43.5 Å². The van der Waals surface area contributed by atoms with Crippen molar-refractivity contribution < 1.29 is 23.9 Å². The van der Waals surface area contributed by atoms with Crippen molar-refractivity contribution in [2.75, 3.05) is 6.54 Å². The van der Waals surface area contributed by atoms with Crippen LogP contribution in [0.1, 0.15) is 23.7 Å². The summed E-state index contributed by atoms with van der Waals surface area (Å²) >= 11 is 13.1. The van der Waals surface area contributed by atoms with Gasteiger partial charge in [0, 0.05) is 20.2 Å². The summed E-state index contributed by atoms with van der Waals surface area (Å²) in [4.78, 5) is 51.7. The minimum atomic E-state index is -1.05. The van der Waals surface area contributed by atoms with E-state index in [4.69, 9.17) is 16.3 Å². The Morgan fingerprint density at radius 2 is 1.76 bits per heavy atom. The number of amides is 2. The molecule has 2 aliphatic carbocycles. The summed E-state index contributed by atoms with van der Waals surface area (Å²) in [6.45, 7) is 0.978. The zero-order valence-corrected chi connectivity index (χ0v) is 19.3. The van der Waals surface area contributed by atoms with E-state index >= 15 is 0 Å². The fraction of sp³-hybridized carbons (Fsp3) is 0.500. The molecular weight excluding hydrogens is 529 g/mol. The number of likely N-dealkylation sites (tertiary alicyclic amines) is 1. The summed E-state index contributed by atoms with van der Waals surface area (Å²) in [5, 5.41) is 0.402. The highest BCUT2D eigenvalue weighted by Gasteiger charge is 2.66. The predicted octanol–water partition coefficient (Wildman–Crippen LogP) is 3.23. The highest BCUT2D eigenvalue weighted by atomic mass is 79.9. The minimum absolute atomic E-state index is 0.0789. The second-order valence-corrected chi connectivity index (χ2v) is 10.3. The van der Waals surface area contributed by atoms with Gasteiger partial charge in [0.15, 0.2) is 6.10 Å². The van der Waals surface area contributed by atoms with Crippen LogP contribution in [0.3, 0.4) is 0 Å². The summed E-state index contributed by atoms with van der Waals surface area (Å²) < 4.78 is 5.20. The zero-order chi connectivity index (χ0) is 21.0. The Kier molecular flexibility index (Phi) is 5.63. The zero-order valence-electron chi connectivity index (χ0n) is 15.4. The number of esters is 1. The summed E-state index contributed by atoms with van der Waals surface area (Å²) in [7, 11) is 0. The van der Waals surface area contributed by atoms with E-state index in [1.54, 1.807) is 18.2 Å². The van der Waals surface area contributed by atoms with Crippen molar-refractivity contribution in [3.8, 4) is 0 Å². The Hall–Kier alpha value is -1.25. The van der Waals surface area contributed by atoms with Gasteiger partial charge in [-0.15, -0.1) is 0 Å². The van der Waals surface area contributed by atoms with Gasteiger partial charge in [-0.25, -0.2) is 0 Å². The predicted molar refractivity (Wildman–Crippen MR) is 112 cm³/mol. The van der Waals surface area contributed by atoms with Gasteiger partial charge in [0.05, 0.1) is 11.8 Å². The third-order valence-corrected chi connectivity index (χ3v) is 9.59. The average Bonchev–Trinajstić information content (AvgIpc) is 3.28. The van der Waals surface area contributed by atoms with Gasteiger partial charge in [0.25, 0.3) is 0 Å². The number of carbonyl (C=O) groups is 4. The summed E-state index contributed by atoms with van der Waals surface area (Å²) in [6, 6.07) is 6.34. The van der Waals surface area contributed by atoms with E-state index in [1.165, 1.54) is 13.0 Å². The van der Waals surface area contributed by atoms with Gasteiger partial charge >= 0.3 is 5.97 Å². The Morgan fingerprint density at radius 1 is 1.17 bits per heavy atom. The molecule has 1 aromatic carbocycles. The van der Waals surface area contributed by atoms with E-state index in [9.17, 15) is 19.2 Å². The molecule has 3 aliphatic rings. The smallest absolute Gasteiger partial charge is 0.326 e. The molecule has 7 atom stereocenters. The number of nitrogens with zero attached hydrogens (tertiary/aromatic N) is 1. The molecule has 1 saturated heterocycles. The second kappa shape index (κ2) is 7.78. The standard InChI is InChI=1S/C20H18Br2ClNO5/c1-8(18(26)9-3-2-4-10(23)5-9)29-13(25)7-24-19(27)14-11-6-12(15(14)20(24)28)17(22)16(11)21/h2-5,8,11-12,14-17H,6-7H2,1H3/t8-,11+,12+,14-,15+,16-,17-/m0/s1. The lowest BCUT2D eigenvalue weighted by molar-refractivity contribution is -0.155. The molecule has 9 heteroatoms. The molecule has 6 nitrogen and oxygen atoms in total. The first kappa shape index (κ1) is 21.0. The molecule has 154 valence electrons. The Labute approximate surface area is 189 Å². The van der Waals surface area contributed by atoms with Crippen LogP contribution in [-0.2, 0) is 19.1 Å². The van der Waals surface area contributed by atoms with E-state index in [0.29, 0.717) is 10.6 Å². The molecule has 0 radical (unpaired) electrons. The molecule has 3 fully saturated rings. The van der Waals surface area contributed by atoms with Crippen LogP contribution in [0.25, 0.3) is 0 Å². The van der Waals surface area contributed by atoms with Crippen molar-refractivity contribution in [2.24, 2.45) is 23.7 Å². The first-order chi connectivity index (χ1) is 13.7. The fourth-order valence-corrected chi connectivity index (χ4v) is 6.92. The van der Waals surface area contributed by atoms with Gasteiger partial charge < -0.3 is 4.74 Å². The number of ketones is 1. The SMILES string of the molecule is C[C@H](OC(=O)CN1C(=O)[C@@H]2[C@H]3C[C@@H]([C@H](Br)[C@H]3Br)[C@@H]2C1=O)C(=O)c1cccc(Cl)c1. The molecule has 4 rings (SSSR count). The van der Waals surface area contributed by atoms with Crippen LogP contribution in [0.4, 0.5) is 0 Å².